The van der Waals surface area contributed by atoms with Crippen LogP contribution in [0.15, 0.2) is 65.6 Å². The van der Waals surface area contributed by atoms with E-state index < -0.39 is 45.9 Å². The van der Waals surface area contributed by atoms with E-state index in [0.717, 1.165) is 11.2 Å². The monoisotopic (exact) mass is 584 g/mol. The van der Waals surface area contributed by atoms with Crippen LogP contribution in [-0.2, 0) is 25.7 Å². The zero-order chi connectivity index (χ0) is 29.3. The van der Waals surface area contributed by atoms with Crippen LogP contribution < -0.4 is 10.1 Å². The third-order valence-corrected chi connectivity index (χ3v) is 8.14. The Bertz CT molecular complexity index is 1550. The first-order chi connectivity index (χ1) is 19.6. The Hall–Kier alpha value is -3.84. The molecular formula is C29H29FN2O8S. The van der Waals surface area contributed by atoms with Crippen LogP contribution in [0.3, 0.4) is 0 Å². The highest BCUT2D eigenvalue weighted by Crippen LogP contribution is 2.28. The highest BCUT2D eigenvalue weighted by Gasteiger charge is 2.42. The Morgan fingerprint density at radius 2 is 1.71 bits per heavy atom. The number of amides is 2. The molecule has 2 aliphatic heterocycles. The molecule has 216 valence electrons. The van der Waals surface area contributed by atoms with E-state index in [4.69, 9.17) is 14.2 Å². The number of benzene rings is 3. The van der Waals surface area contributed by atoms with Crippen molar-refractivity contribution in [3.8, 4) is 5.75 Å². The zero-order valence-electron chi connectivity index (χ0n) is 22.4. The van der Waals surface area contributed by atoms with Crippen LogP contribution in [0.4, 0.5) is 10.1 Å². The number of hydrogen-bond acceptors (Lipinski definition) is 9. The molecule has 0 saturated carbocycles. The molecule has 0 aliphatic carbocycles. The number of fused-ring (bicyclic) bond motifs is 1. The molecule has 2 amide bonds. The molecule has 12 heteroatoms. The van der Waals surface area contributed by atoms with Gasteiger partial charge in [-0.25, -0.2) is 12.8 Å². The van der Waals surface area contributed by atoms with Crippen molar-refractivity contribution in [3.63, 3.8) is 0 Å². The lowest BCUT2D eigenvalue weighted by molar-refractivity contribution is -0.233. The number of aliphatic hydroxyl groups excluding tert-OH is 1. The number of carbonyl (C=O) groups is 2. The van der Waals surface area contributed by atoms with Crippen LogP contribution in [0.5, 0.6) is 5.75 Å². The standard InChI is InChI=1S/C29H29FN2O8S/c1-38-26-10-7-17(12-23(26)30)11-18-13-20(41(2,36)37)8-9-24(18)31-14-25(33)29-39-15-19(16-40-29)32-27(34)21-5-3-4-6-22(21)28(32)35/h3-10,12-13,19,25,29,31,33H,11,14-16H2,1-2H3/t19?,25-,29?/m0/s1. The number of anilines is 1. The number of sulfone groups is 1. The smallest absolute Gasteiger partial charge is 0.261 e. The molecule has 41 heavy (non-hydrogen) atoms. The normalized spacial score (nSPS) is 19.7. The lowest BCUT2D eigenvalue weighted by Crippen LogP contribution is -2.52. The van der Waals surface area contributed by atoms with Crippen molar-refractivity contribution in [1.29, 1.82) is 0 Å². The first-order valence-corrected chi connectivity index (χ1v) is 14.7. The van der Waals surface area contributed by atoms with E-state index in [9.17, 15) is 27.5 Å². The molecule has 2 aliphatic rings. The van der Waals surface area contributed by atoms with Gasteiger partial charge in [-0.05, 0) is 60.0 Å². The predicted octanol–water partition coefficient (Wildman–Crippen LogP) is 2.64. The molecule has 3 aromatic carbocycles. The van der Waals surface area contributed by atoms with Gasteiger partial charge in [-0.15, -0.1) is 0 Å². The summed E-state index contributed by atoms with van der Waals surface area (Å²) in [4.78, 5) is 26.7. The highest BCUT2D eigenvalue weighted by atomic mass is 32.2. The van der Waals surface area contributed by atoms with E-state index in [1.165, 1.54) is 31.4 Å². The number of imide groups is 1. The Balaban J connectivity index is 1.24. The van der Waals surface area contributed by atoms with E-state index >= 15 is 0 Å². The second kappa shape index (κ2) is 11.6. The van der Waals surface area contributed by atoms with Gasteiger partial charge < -0.3 is 24.6 Å². The number of nitrogens with zero attached hydrogens (tertiary/aromatic N) is 1. The minimum absolute atomic E-state index is 0.00939. The van der Waals surface area contributed by atoms with Gasteiger partial charge in [-0.2, -0.15) is 0 Å². The van der Waals surface area contributed by atoms with Crippen LogP contribution in [-0.4, -0.2) is 81.8 Å². The molecule has 0 bridgehead atoms. The van der Waals surface area contributed by atoms with E-state index in [2.05, 4.69) is 5.32 Å². The number of nitrogens with one attached hydrogen (secondary N) is 1. The second-order valence-electron chi connectivity index (χ2n) is 9.90. The largest absolute Gasteiger partial charge is 0.494 e. The number of halogens is 1. The fourth-order valence-electron chi connectivity index (χ4n) is 4.89. The van der Waals surface area contributed by atoms with Gasteiger partial charge in [-0.1, -0.05) is 18.2 Å². The van der Waals surface area contributed by atoms with Crippen LogP contribution in [0.2, 0.25) is 0 Å². The first-order valence-electron chi connectivity index (χ1n) is 12.8. The molecule has 1 fully saturated rings. The lowest BCUT2D eigenvalue weighted by Gasteiger charge is -2.35. The number of methoxy groups -OCH3 is 1. The maximum atomic E-state index is 14.3. The Labute approximate surface area is 236 Å². The van der Waals surface area contributed by atoms with Gasteiger partial charge in [0.15, 0.2) is 27.7 Å². The third kappa shape index (κ3) is 5.96. The van der Waals surface area contributed by atoms with Gasteiger partial charge in [0, 0.05) is 18.5 Å². The summed E-state index contributed by atoms with van der Waals surface area (Å²) in [5.74, 6) is -1.27. The molecule has 10 nitrogen and oxygen atoms in total. The quantitative estimate of drug-likeness (QED) is 0.365. The molecular weight excluding hydrogens is 555 g/mol. The molecule has 0 unspecified atom stereocenters. The molecule has 3 aromatic rings. The van der Waals surface area contributed by atoms with Crippen LogP contribution in [0, 0.1) is 5.82 Å². The molecule has 2 N–H and O–H groups in total. The summed E-state index contributed by atoms with van der Waals surface area (Å²) in [6, 6.07) is 15.0. The molecule has 5 rings (SSSR count). The number of ether oxygens (including phenoxy) is 3. The van der Waals surface area contributed by atoms with Crippen molar-refractivity contribution >= 4 is 27.3 Å². The van der Waals surface area contributed by atoms with Gasteiger partial charge in [0.1, 0.15) is 6.10 Å². The van der Waals surface area contributed by atoms with Gasteiger partial charge in [0.05, 0.1) is 42.4 Å². The topological polar surface area (TPSA) is 131 Å². The van der Waals surface area contributed by atoms with Crippen LogP contribution in [0.25, 0.3) is 0 Å². The first kappa shape index (κ1) is 28.7. The molecule has 1 atom stereocenters. The molecule has 0 radical (unpaired) electrons. The maximum absolute atomic E-state index is 14.3. The number of carbonyl (C=O) groups excluding carboxylic acids is 2. The van der Waals surface area contributed by atoms with Crippen molar-refractivity contribution in [2.45, 2.75) is 29.8 Å². The number of rotatable bonds is 9. The average molecular weight is 585 g/mol. The lowest BCUT2D eigenvalue weighted by atomic mass is 10.0. The van der Waals surface area contributed by atoms with Gasteiger partial charge in [0.2, 0.25) is 0 Å². The molecule has 0 aromatic heterocycles. The van der Waals surface area contributed by atoms with Crippen LogP contribution >= 0.6 is 0 Å². The molecule has 2 heterocycles. The Morgan fingerprint density at radius 1 is 1.05 bits per heavy atom. The third-order valence-electron chi connectivity index (χ3n) is 7.03. The second-order valence-corrected chi connectivity index (χ2v) is 11.9. The van der Waals surface area contributed by atoms with E-state index in [1.54, 1.807) is 36.4 Å². The van der Waals surface area contributed by atoms with Crippen molar-refractivity contribution in [2.75, 3.05) is 38.4 Å². The summed E-state index contributed by atoms with van der Waals surface area (Å²) in [7, 11) is -2.14. The summed E-state index contributed by atoms with van der Waals surface area (Å²) >= 11 is 0. The minimum atomic E-state index is -3.50. The van der Waals surface area contributed by atoms with Crippen molar-refractivity contribution in [1.82, 2.24) is 4.90 Å². The predicted molar refractivity (Wildman–Crippen MR) is 146 cm³/mol. The van der Waals surface area contributed by atoms with E-state index in [0.29, 0.717) is 27.9 Å². The molecule has 0 spiro atoms. The van der Waals surface area contributed by atoms with Gasteiger partial charge in [-0.3, -0.25) is 14.5 Å². The van der Waals surface area contributed by atoms with Crippen molar-refractivity contribution in [3.05, 3.63) is 88.7 Å². The highest BCUT2D eigenvalue weighted by molar-refractivity contribution is 7.90. The van der Waals surface area contributed by atoms with Crippen molar-refractivity contribution in [2.24, 2.45) is 0 Å². The number of aliphatic hydroxyl groups is 1. The number of hydrogen-bond donors (Lipinski definition) is 2. The Kier molecular flexibility index (Phi) is 8.09. The summed E-state index contributed by atoms with van der Waals surface area (Å²) in [6.07, 6.45) is -0.855. The summed E-state index contributed by atoms with van der Waals surface area (Å²) in [5, 5.41) is 13.9. The SMILES string of the molecule is COc1ccc(Cc2cc(S(C)(=O)=O)ccc2NC[C@H](O)C2OCC(N3C(=O)c4ccccc4C3=O)CO2)cc1F. The van der Waals surface area contributed by atoms with Crippen LogP contribution in [0.1, 0.15) is 31.8 Å². The fourth-order valence-corrected chi connectivity index (χ4v) is 5.56. The van der Waals surface area contributed by atoms with Gasteiger partial charge >= 0.3 is 0 Å². The molecule has 1 saturated heterocycles. The summed E-state index contributed by atoms with van der Waals surface area (Å²) in [5.41, 5.74) is 2.36. The van der Waals surface area contributed by atoms with E-state index in [-0.39, 0.29) is 36.8 Å². The summed E-state index contributed by atoms with van der Waals surface area (Å²) in [6.45, 7) is -0.0420. The maximum Gasteiger partial charge on any atom is 0.261 e. The zero-order valence-corrected chi connectivity index (χ0v) is 23.2. The average Bonchev–Trinajstić information content (AvgIpc) is 3.21. The van der Waals surface area contributed by atoms with Gasteiger partial charge in [0.25, 0.3) is 11.8 Å². The summed E-state index contributed by atoms with van der Waals surface area (Å²) < 4.78 is 55.0. The van der Waals surface area contributed by atoms with E-state index in [1.807, 2.05) is 0 Å². The Morgan fingerprint density at radius 3 is 2.29 bits per heavy atom. The fraction of sp³-hybridized carbons (Fsp3) is 0.310. The van der Waals surface area contributed by atoms with Crippen molar-refractivity contribution < 1.29 is 41.7 Å². The minimum Gasteiger partial charge on any atom is -0.494 e.